The molecule has 2 aromatic rings. The van der Waals surface area contributed by atoms with Crippen LogP contribution in [0.1, 0.15) is 55.2 Å². The van der Waals surface area contributed by atoms with Crippen molar-refractivity contribution in [2.45, 2.75) is 45.1 Å². The molecule has 132 valence electrons. The van der Waals surface area contributed by atoms with Gasteiger partial charge in [0, 0.05) is 0 Å². The second-order valence-electron chi connectivity index (χ2n) is 6.90. The van der Waals surface area contributed by atoms with Crippen LogP contribution in [-0.2, 0) is 0 Å². The molecule has 0 aliphatic heterocycles. The van der Waals surface area contributed by atoms with Gasteiger partial charge in [-0.25, -0.2) is 0 Å². The minimum Gasteiger partial charge on any atom is -0.435 e. The highest BCUT2D eigenvalue weighted by Crippen LogP contribution is 2.35. The van der Waals surface area contributed by atoms with Crippen molar-refractivity contribution in [2.75, 3.05) is 0 Å². The lowest BCUT2D eigenvalue weighted by molar-refractivity contribution is -0.0498. The van der Waals surface area contributed by atoms with Gasteiger partial charge >= 0.3 is 6.61 Å². The van der Waals surface area contributed by atoms with Crippen molar-refractivity contribution in [3.05, 3.63) is 65.2 Å². The minimum atomic E-state index is -2.78. The molecule has 0 atom stereocenters. The molecule has 25 heavy (non-hydrogen) atoms. The van der Waals surface area contributed by atoms with Gasteiger partial charge in [-0.15, -0.1) is 0 Å². The Bertz CT molecular complexity index is 681. The van der Waals surface area contributed by atoms with E-state index < -0.39 is 6.61 Å². The van der Waals surface area contributed by atoms with Crippen LogP contribution in [0, 0.1) is 5.92 Å². The first kappa shape index (κ1) is 17.7. The minimum absolute atomic E-state index is 0.179. The average molecular weight is 342 g/mol. The topological polar surface area (TPSA) is 9.23 Å². The Morgan fingerprint density at radius 1 is 0.840 bits per heavy atom. The standard InChI is InChI=1S/C22H24F2O/c1-16-2-10-19(11-3-16)20-12-6-17(7-13-20)4-5-18-8-14-21(15-9-18)25-22(23)24/h4-9,12-16,19,22H,2-3,10-11H2,1H3. The summed E-state index contributed by atoms with van der Waals surface area (Å²) in [6, 6.07) is 15.4. The fourth-order valence-electron chi connectivity index (χ4n) is 3.43. The number of ether oxygens (including phenoxy) is 1. The van der Waals surface area contributed by atoms with Crippen LogP contribution in [0.4, 0.5) is 8.78 Å². The molecule has 2 aromatic carbocycles. The van der Waals surface area contributed by atoms with E-state index >= 15 is 0 Å². The van der Waals surface area contributed by atoms with Crippen LogP contribution >= 0.6 is 0 Å². The lowest BCUT2D eigenvalue weighted by Crippen LogP contribution is -2.10. The van der Waals surface area contributed by atoms with Gasteiger partial charge in [-0.2, -0.15) is 8.78 Å². The maximum atomic E-state index is 12.1. The third-order valence-electron chi connectivity index (χ3n) is 5.00. The van der Waals surface area contributed by atoms with E-state index in [-0.39, 0.29) is 5.75 Å². The molecule has 0 N–H and O–H groups in total. The molecular formula is C22H24F2O. The number of alkyl halides is 2. The Kier molecular flexibility index (Phi) is 5.85. The summed E-state index contributed by atoms with van der Waals surface area (Å²) in [4.78, 5) is 0. The van der Waals surface area contributed by atoms with Crippen molar-refractivity contribution in [1.82, 2.24) is 0 Å². The SMILES string of the molecule is CC1CCC(c2ccc(C=Cc3ccc(OC(F)F)cc3)cc2)CC1. The van der Waals surface area contributed by atoms with Crippen LogP contribution in [0.2, 0.25) is 0 Å². The smallest absolute Gasteiger partial charge is 0.387 e. The van der Waals surface area contributed by atoms with Crippen molar-refractivity contribution < 1.29 is 13.5 Å². The van der Waals surface area contributed by atoms with Gasteiger partial charge in [0.25, 0.3) is 0 Å². The van der Waals surface area contributed by atoms with E-state index in [1.165, 1.54) is 31.2 Å². The molecular weight excluding hydrogens is 318 g/mol. The van der Waals surface area contributed by atoms with Gasteiger partial charge in [-0.1, -0.05) is 68.3 Å². The first-order valence-electron chi connectivity index (χ1n) is 8.93. The normalized spacial score (nSPS) is 21.0. The van der Waals surface area contributed by atoms with Crippen LogP contribution < -0.4 is 4.74 Å². The summed E-state index contributed by atoms with van der Waals surface area (Å²) < 4.78 is 28.6. The molecule has 0 bridgehead atoms. The summed E-state index contributed by atoms with van der Waals surface area (Å²) in [5.74, 6) is 1.76. The first-order valence-corrected chi connectivity index (χ1v) is 8.93. The van der Waals surface area contributed by atoms with Gasteiger partial charge in [0.05, 0.1) is 0 Å². The average Bonchev–Trinajstić information content (AvgIpc) is 2.62. The lowest BCUT2D eigenvalue weighted by Gasteiger charge is -2.26. The van der Waals surface area contributed by atoms with Crippen molar-refractivity contribution >= 4 is 12.2 Å². The number of halogens is 2. The Labute approximate surface area is 148 Å². The summed E-state index contributed by atoms with van der Waals surface area (Å²) in [7, 11) is 0. The predicted octanol–water partition coefficient (Wildman–Crippen LogP) is 6.75. The molecule has 1 aliphatic rings. The van der Waals surface area contributed by atoms with E-state index in [1.54, 1.807) is 24.3 Å². The van der Waals surface area contributed by atoms with Gasteiger partial charge in [0.2, 0.25) is 0 Å². The number of hydrogen-bond donors (Lipinski definition) is 0. The summed E-state index contributed by atoms with van der Waals surface area (Å²) >= 11 is 0. The molecule has 0 aromatic heterocycles. The maximum Gasteiger partial charge on any atom is 0.387 e. The summed E-state index contributed by atoms with van der Waals surface area (Å²) in [6.07, 6.45) is 9.26. The molecule has 1 fully saturated rings. The maximum absolute atomic E-state index is 12.1. The molecule has 0 spiro atoms. The fraction of sp³-hybridized carbons (Fsp3) is 0.364. The molecule has 1 aliphatic carbocycles. The zero-order valence-corrected chi connectivity index (χ0v) is 14.5. The highest BCUT2D eigenvalue weighted by atomic mass is 19.3. The molecule has 1 saturated carbocycles. The summed E-state index contributed by atoms with van der Waals surface area (Å²) in [5.41, 5.74) is 3.53. The van der Waals surface area contributed by atoms with Crippen LogP contribution in [0.25, 0.3) is 12.2 Å². The molecule has 0 amide bonds. The van der Waals surface area contributed by atoms with Crippen LogP contribution in [0.15, 0.2) is 48.5 Å². The number of rotatable bonds is 5. The molecule has 0 saturated heterocycles. The molecule has 0 heterocycles. The first-order chi connectivity index (χ1) is 12.1. The van der Waals surface area contributed by atoms with E-state index in [0.717, 1.165) is 17.0 Å². The van der Waals surface area contributed by atoms with Gasteiger partial charge in [-0.3, -0.25) is 0 Å². The van der Waals surface area contributed by atoms with Gasteiger partial charge in [0.1, 0.15) is 5.75 Å². The fourth-order valence-corrected chi connectivity index (χ4v) is 3.43. The van der Waals surface area contributed by atoms with E-state index in [9.17, 15) is 8.78 Å². The monoisotopic (exact) mass is 342 g/mol. The summed E-state index contributed by atoms with van der Waals surface area (Å²) in [6.45, 7) is -0.441. The van der Waals surface area contributed by atoms with Crippen molar-refractivity contribution in [3.63, 3.8) is 0 Å². The summed E-state index contributed by atoms with van der Waals surface area (Å²) in [5, 5.41) is 0. The van der Waals surface area contributed by atoms with Crippen molar-refractivity contribution in [3.8, 4) is 5.75 Å². The molecule has 0 radical (unpaired) electrons. The molecule has 3 heteroatoms. The Hall–Kier alpha value is -2.16. The Balaban J connectivity index is 1.60. The van der Waals surface area contributed by atoms with Gasteiger partial charge in [-0.05, 0) is 53.5 Å². The van der Waals surface area contributed by atoms with E-state index in [1.807, 2.05) is 12.2 Å². The van der Waals surface area contributed by atoms with Crippen LogP contribution in [0.3, 0.4) is 0 Å². The highest BCUT2D eigenvalue weighted by Gasteiger charge is 2.19. The largest absolute Gasteiger partial charge is 0.435 e. The zero-order chi connectivity index (χ0) is 17.6. The van der Waals surface area contributed by atoms with Crippen LogP contribution in [0.5, 0.6) is 5.75 Å². The highest BCUT2D eigenvalue weighted by molar-refractivity contribution is 5.69. The third kappa shape index (κ3) is 5.15. The molecule has 0 unspecified atom stereocenters. The van der Waals surface area contributed by atoms with Crippen molar-refractivity contribution in [2.24, 2.45) is 5.92 Å². The second kappa shape index (κ2) is 8.28. The Morgan fingerprint density at radius 3 is 1.88 bits per heavy atom. The molecule has 1 nitrogen and oxygen atoms in total. The van der Waals surface area contributed by atoms with E-state index in [2.05, 4.69) is 35.9 Å². The molecule has 3 rings (SSSR count). The third-order valence-corrected chi connectivity index (χ3v) is 5.00. The zero-order valence-electron chi connectivity index (χ0n) is 14.5. The predicted molar refractivity (Wildman–Crippen MR) is 98.8 cm³/mol. The number of benzene rings is 2. The quantitative estimate of drug-likeness (QED) is 0.546. The Morgan fingerprint density at radius 2 is 1.36 bits per heavy atom. The van der Waals surface area contributed by atoms with Gasteiger partial charge < -0.3 is 4.74 Å². The second-order valence-corrected chi connectivity index (χ2v) is 6.90. The van der Waals surface area contributed by atoms with Gasteiger partial charge in [0.15, 0.2) is 0 Å². The number of hydrogen-bond acceptors (Lipinski definition) is 1. The lowest BCUT2D eigenvalue weighted by atomic mass is 9.79. The van der Waals surface area contributed by atoms with Crippen LogP contribution in [-0.4, -0.2) is 6.61 Å². The van der Waals surface area contributed by atoms with E-state index in [4.69, 9.17) is 0 Å². The van der Waals surface area contributed by atoms with E-state index in [0.29, 0.717) is 5.92 Å². The van der Waals surface area contributed by atoms with Crippen molar-refractivity contribution in [1.29, 1.82) is 0 Å².